The molecule has 1 fully saturated rings. The van der Waals surface area contributed by atoms with Crippen LogP contribution in [-0.2, 0) is 11.3 Å². The van der Waals surface area contributed by atoms with E-state index in [4.69, 9.17) is 5.53 Å². The van der Waals surface area contributed by atoms with E-state index in [1.165, 1.54) is 0 Å². The standard InChI is InChI=1S/C15H15N5O/c16-19-18-8-12-7-15(21)20(10-12)9-11-3-4-14-13(6-11)2-1-5-17-14/h1-6,12H,7-10H2. The predicted molar refractivity (Wildman–Crippen MR) is 79.3 cm³/mol. The van der Waals surface area contributed by atoms with Crippen LogP contribution in [0.1, 0.15) is 12.0 Å². The summed E-state index contributed by atoms with van der Waals surface area (Å²) in [5.74, 6) is 0.259. The lowest BCUT2D eigenvalue weighted by Gasteiger charge is -2.16. The van der Waals surface area contributed by atoms with Gasteiger partial charge in [0, 0.05) is 42.5 Å². The highest BCUT2D eigenvalue weighted by molar-refractivity contribution is 5.80. The van der Waals surface area contributed by atoms with Crippen LogP contribution in [0.15, 0.2) is 41.6 Å². The third kappa shape index (κ3) is 2.95. The number of benzene rings is 1. The zero-order chi connectivity index (χ0) is 14.7. The maximum atomic E-state index is 12.0. The molecule has 6 nitrogen and oxygen atoms in total. The summed E-state index contributed by atoms with van der Waals surface area (Å²) in [6.45, 7) is 1.64. The molecule has 21 heavy (non-hydrogen) atoms. The maximum Gasteiger partial charge on any atom is 0.223 e. The van der Waals surface area contributed by atoms with Crippen LogP contribution in [-0.4, -0.2) is 28.9 Å². The van der Waals surface area contributed by atoms with Crippen molar-refractivity contribution in [2.24, 2.45) is 11.0 Å². The topological polar surface area (TPSA) is 82.0 Å². The van der Waals surface area contributed by atoms with Crippen LogP contribution in [0.2, 0.25) is 0 Å². The molecule has 1 saturated heterocycles. The van der Waals surface area contributed by atoms with Gasteiger partial charge in [-0.3, -0.25) is 9.78 Å². The van der Waals surface area contributed by atoms with Crippen molar-refractivity contribution in [3.05, 3.63) is 52.5 Å². The number of nitrogens with zero attached hydrogens (tertiary/aromatic N) is 5. The first kappa shape index (κ1) is 13.4. The molecule has 106 valence electrons. The monoisotopic (exact) mass is 281 g/mol. The molecular weight excluding hydrogens is 266 g/mol. The first-order chi connectivity index (χ1) is 10.3. The van der Waals surface area contributed by atoms with Crippen molar-refractivity contribution < 1.29 is 4.79 Å². The van der Waals surface area contributed by atoms with Crippen LogP contribution >= 0.6 is 0 Å². The molecule has 2 aromatic rings. The van der Waals surface area contributed by atoms with Gasteiger partial charge >= 0.3 is 0 Å². The molecule has 0 N–H and O–H groups in total. The molecule has 1 aromatic carbocycles. The third-order valence-corrected chi connectivity index (χ3v) is 3.74. The van der Waals surface area contributed by atoms with E-state index in [1.54, 1.807) is 6.20 Å². The molecule has 1 atom stereocenters. The fraction of sp³-hybridized carbons (Fsp3) is 0.333. The number of hydrogen-bond acceptors (Lipinski definition) is 3. The van der Waals surface area contributed by atoms with Crippen LogP contribution in [0.5, 0.6) is 0 Å². The SMILES string of the molecule is [N-]=[N+]=NCC1CC(=O)N(Cc2ccc3ncccc3c2)C1. The van der Waals surface area contributed by atoms with Gasteiger partial charge in [-0.2, -0.15) is 0 Å². The molecule has 0 bridgehead atoms. The Balaban J connectivity index is 1.73. The molecule has 1 aromatic heterocycles. The molecule has 6 heteroatoms. The van der Waals surface area contributed by atoms with Crippen molar-refractivity contribution in [3.63, 3.8) is 0 Å². The van der Waals surface area contributed by atoms with Crippen molar-refractivity contribution in [3.8, 4) is 0 Å². The molecule has 3 rings (SSSR count). The molecule has 1 unspecified atom stereocenters. The Kier molecular flexibility index (Phi) is 3.71. The van der Waals surface area contributed by atoms with Gasteiger partial charge in [-0.15, -0.1) is 0 Å². The number of aromatic nitrogens is 1. The van der Waals surface area contributed by atoms with E-state index < -0.39 is 0 Å². The summed E-state index contributed by atoms with van der Waals surface area (Å²) in [5.41, 5.74) is 10.4. The quantitative estimate of drug-likeness (QED) is 0.490. The Morgan fingerprint density at radius 3 is 3.19 bits per heavy atom. The summed E-state index contributed by atoms with van der Waals surface area (Å²) in [4.78, 5) is 20.9. The van der Waals surface area contributed by atoms with Crippen LogP contribution in [0.4, 0.5) is 0 Å². The second kappa shape index (κ2) is 5.81. The third-order valence-electron chi connectivity index (χ3n) is 3.74. The first-order valence-corrected chi connectivity index (χ1v) is 6.88. The fourth-order valence-electron chi connectivity index (χ4n) is 2.72. The zero-order valence-electron chi connectivity index (χ0n) is 11.5. The number of carbonyl (C=O) groups excluding carboxylic acids is 1. The Morgan fingerprint density at radius 2 is 2.33 bits per heavy atom. The van der Waals surface area contributed by atoms with Crippen molar-refractivity contribution in [2.75, 3.05) is 13.1 Å². The summed E-state index contributed by atoms with van der Waals surface area (Å²) < 4.78 is 0. The summed E-state index contributed by atoms with van der Waals surface area (Å²) >= 11 is 0. The summed E-state index contributed by atoms with van der Waals surface area (Å²) in [5, 5.41) is 4.64. The molecule has 0 spiro atoms. The average molecular weight is 281 g/mol. The minimum Gasteiger partial charge on any atom is -0.338 e. The highest BCUT2D eigenvalue weighted by atomic mass is 16.2. The Hall–Kier alpha value is -2.59. The van der Waals surface area contributed by atoms with E-state index in [0.717, 1.165) is 16.5 Å². The smallest absolute Gasteiger partial charge is 0.223 e. The maximum absolute atomic E-state index is 12.0. The van der Waals surface area contributed by atoms with Gasteiger partial charge in [-0.05, 0) is 35.2 Å². The van der Waals surface area contributed by atoms with Gasteiger partial charge < -0.3 is 4.90 Å². The normalized spacial score (nSPS) is 18.0. The average Bonchev–Trinajstić information content (AvgIpc) is 2.85. The van der Waals surface area contributed by atoms with E-state index in [2.05, 4.69) is 21.1 Å². The second-order valence-corrected chi connectivity index (χ2v) is 5.29. The van der Waals surface area contributed by atoms with Crippen molar-refractivity contribution in [1.29, 1.82) is 0 Å². The first-order valence-electron chi connectivity index (χ1n) is 6.88. The molecular formula is C15H15N5O. The van der Waals surface area contributed by atoms with Crippen molar-refractivity contribution in [1.82, 2.24) is 9.88 Å². The largest absolute Gasteiger partial charge is 0.338 e. The van der Waals surface area contributed by atoms with E-state index in [9.17, 15) is 4.79 Å². The summed E-state index contributed by atoms with van der Waals surface area (Å²) in [6, 6.07) is 9.97. The van der Waals surface area contributed by atoms with E-state index in [-0.39, 0.29) is 11.8 Å². The Bertz CT molecular complexity index is 723. The van der Waals surface area contributed by atoms with E-state index in [0.29, 0.717) is 26.1 Å². The van der Waals surface area contributed by atoms with Crippen LogP contribution < -0.4 is 0 Å². The lowest BCUT2D eigenvalue weighted by atomic mass is 10.1. The number of likely N-dealkylation sites (tertiary alicyclic amines) is 1. The van der Waals surface area contributed by atoms with Gasteiger partial charge in [0.2, 0.25) is 5.91 Å². The number of azide groups is 1. The van der Waals surface area contributed by atoms with Gasteiger partial charge in [0.25, 0.3) is 0 Å². The zero-order valence-corrected chi connectivity index (χ0v) is 11.5. The van der Waals surface area contributed by atoms with Gasteiger partial charge in [-0.25, -0.2) is 0 Å². The Labute approximate surface area is 122 Å². The number of fused-ring (bicyclic) bond motifs is 1. The number of amides is 1. The highest BCUT2D eigenvalue weighted by Crippen LogP contribution is 2.22. The molecule has 1 aliphatic heterocycles. The van der Waals surface area contributed by atoms with Crippen LogP contribution in [0.3, 0.4) is 0 Å². The van der Waals surface area contributed by atoms with Crippen LogP contribution in [0.25, 0.3) is 21.3 Å². The van der Waals surface area contributed by atoms with Gasteiger partial charge in [0.05, 0.1) is 5.52 Å². The lowest BCUT2D eigenvalue weighted by molar-refractivity contribution is -0.128. The van der Waals surface area contributed by atoms with E-state index in [1.807, 2.05) is 29.2 Å². The van der Waals surface area contributed by atoms with E-state index >= 15 is 0 Å². The number of pyridine rings is 1. The summed E-state index contributed by atoms with van der Waals surface area (Å²) in [6.07, 6.45) is 2.24. The highest BCUT2D eigenvalue weighted by Gasteiger charge is 2.28. The second-order valence-electron chi connectivity index (χ2n) is 5.29. The Morgan fingerprint density at radius 1 is 1.43 bits per heavy atom. The molecule has 0 radical (unpaired) electrons. The minimum atomic E-state index is 0.124. The van der Waals surface area contributed by atoms with Gasteiger partial charge in [-0.1, -0.05) is 17.2 Å². The predicted octanol–water partition coefficient (Wildman–Crippen LogP) is 2.89. The molecule has 2 heterocycles. The molecule has 0 aliphatic carbocycles. The lowest BCUT2D eigenvalue weighted by Crippen LogP contribution is -2.24. The number of rotatable bonds is 4. The molecule has 1 amide bonds. The molecule has 0 saturated carbocycles. The fourth-order valence-corrected chi connectivity index (χ4v) is 2.72. The number of hydrogen-bond donors (Lipinski definition) is 0. The van der Waals surface area contributed by atoms with Gasteiger partial charge in [0.1, 0.15) is 0 Å². The van der Waals surface area contributed by atoms with Crippen molar-refractivity contribution in [2.45, 2.75) is 13.0 Å². The summed E-state index contributed by atoms with van der Waals surface area (Å²) in [7, 11) is 0. The molecule has 1 aliphatic rings. The van der Waals surface area contributed by atoms with Gasteiger partial charge in [0.15, 0.2) is 0 Å². The number of carbonyl (C=O) groups is 1. The van der Waals surface area contributed by atoms with Crippen LogP contribution in [0, 0.1) is 5.92 Å². The minimum absolute atomic E-state index is 0.124. The van der Waals surface area contributed by atoms with Crippen molar-refractivity contribution >= 4 is 16.8 Å².